The topological polar surface area (TPSA) is 74.8 Å². The van der Waals surface area contributed by atoms with Crippen LogP contribution in [-0.4, -0.2) is 24.8 Å². The summed E-state index contributed by atoms with van der Waals surface area (Å²) in [5, 5.41) is 8.36. The molecule has 0 N–H and O–H groups in total. The number of pyridine rings is 1. The lowest BCUT2D eigenvalue weighted by molar-refractivity contribution is 0.302. The third-order valence-electron chi connectivity index (χ3n) is 5.71. The van der Waals surface area contributed by atoms with E-state index in [2.05, 4.69) is 21.5 Å². The van der Waals surface area contributed by atoms with Crippen LogP contribution in [-0.2, 0) is 13.7 Å². The van der Waals surface area contributed by atoms with Gasteiger partial charge in [0, 0.05) is 18.2 Å². The van der Waals surface area contributed by atoms with E-state index in [9.17, 15) is 4.79 Å². The van der Waals surface area contributed by atoms with Crippen LogP contribution >= 0.6 is 11.6 Å². The number of tetrazole rings is 1. The maximum atomic E-state index is 12.5. The van der Waals surface area contributed by atoms with Crippen molar-refractivity contribution in [2.45, 2.75) is 32.3 Å². The van der Waals surface area contributed by atoms with E-state index < -0.39 is 0 Å². The van der Waals surface area contributed by atoms with Crippen molar-refractivity contribution in [3.8, 4) is 22.7 Å². The van der Waals surface area contributed by atoms with Crippen LogP contribution in [0.4, 0.5) is 0 Å². The third-order valence-corrected chi connectivity index (χ3v) is 5.92. The molecule has 8 heteroatoms. The van der Waals surface area contributed by atoms with Gasteiger partial charge in [0.1, 0.15) is 17.5 Å². The Labute approximate surface area is 190 Å². The predicted molar refractivity (Wildman–Crippen MR) is 122 cm³/mol. The monoisotopic (exact) mass is 447 g/mol. The maximum absolute atomic E-state index is 12.5. The first-order valence-corrected chi connectivity index (χ1v) is 10.9. The molecule has 0 spiro atoms. The highest BCUT2D eigenvalue weighted by Gasteiger charge is 2.28. The van der Waals surface area contributed by atoms with Crippen molar-refractivity contribution in [3.63, 3.8) is 0 Å². The number of aromatic nitrogens is 5. The van der Waals surface area contributed by atoms with E-state index in [0.29, 0.717) is 23.4 Å². The molecule has 0 radical (unpaired) electrons. The predicted octanol–water partition coefficient (Wildman–Crippen LogP) is 4.45. The Morgan fingerprint density at radius 1 is 1.09 bits per heavy atom. The van der Waals surface area contributed by atoms with Crippen LogP contribution in [0.3, 0.4) is 0 Å². The number of hydrogen-bond acceptors (Lipinski definition) is 5. The second-order valence-corrected chi connectivity index (χ2v) is 8.42. The van der Waals surface area contributed by atoms with Gasteiger partial charge in [-0.05, 0) is 83.6 Å². The van der Waals surface area contributed by atoms with E-state index in [0.717, 1.165) is 41.0 Å². The first-order chi connectivity index (χ1) is 15.5. The normalized spacial score (nSPS) is 13.3. The second-order valence-electron chi connectivity index (χ2n) is 8.03. The van der Waals surface area contributed by atoms with Crippen LogP contribution in [0.1, 0.15) is 35.4 Å². The Bertz CT molecular complexity index is 1360. The lowest BCUT2D eigenvalue weighted by Gasteiger charge is -2.16. The number of halogens is 1. The zero-order valence-electron chi connectivity index (χ0n) is 17.8. The highest BCUT2D eigenvalue weighted by Crippen LogP contribution is 2.43. The molecule has 0 aliphatic heterocycles. The average molecular weight is 448 g/mol. The third kappa shape index (κ3) is 3.91. The van der Waals surface area contributed by atoms with Crippen molar-refractivity contribution >= 4 is 11.6 Å². The summed E-state index contributed by atoms with van der Waals surface area (Å²) in [6.45, 7) is 2.34. The van der Waals surface area contributed by atoms with Gasteiger partial charge in [0.05, 0.1) is 11.4 Å². The van der Waals surface area contributed by atoms with Gasteiger partial charge in [0.15, 0.2) is 0 Å². The van der Waals surface area contributed by atoms with Crippen molar-refractivity contribution in [3.05, 3.63) is 86.9 Å². The van der Waals surface area contributed by atoms with Gasteiger partial charge in [0.25, 0.3) is 0 Å². The molecule has 2 heterocycles. The molecule has 0 bridgehead atoms. The summed E-state index contributed by atoms with van der Waals surface area (Å²) in [5.74, 6) is 1.28. The summed E-state index contributed by atoms with van der Waals surface area (Å²) in [6, 6.07) is 17.5. The van der Waals surface area contributed by atoms with Crippen molar-refractivity contribution in [1.82, 2.24) is 24.8 Å². The molecular formula is C24H22ClN5O2. The Balaban J connectivity index is 1.46. The molecular weight excluding hydrogens is 426 g/mol. The van der Waals surface area contributed by atoms with Gasteiger partial charge >= 0.3 is 5.69 Å². The Kier molecular flexibility index (Phi) is 5.27. The van der Waals surface area contributed by atoms with Gasteiger partial charge in [-0.2, -0.15) is 9.36 Å². The van der Waals surface area contributed by atoms with Crippen LogP contribution in [0.5, 0.6) is 5.75 Å². The van der Waals surface area contributed by atoms with Crippen LogP contribution in [0.15, 0.2) is 59.4 Å². The molecule has 2 aromatic carbocycles. The van der Waals surface area contributed by atoms with Crippen molar-refractivity contribution in [1.29, 1.82) is 0 Å². The maximum Gasteiger partial charge on any atom is 0.368 e. The van der Waals surface area contributed by atoms with Crippen LogP contribution in [0, 0.1) is 6.92 Å². The van der Waals surface area contributed by atoms with Gasteiger partial charge in [-0.25, -0.2) is 9.78 Å². The lowest BCUT2D eigenvalue weighted by atomic mass is 10.0. The molecule has 1 saturated carbocycles. The molecule has 162 valence electrons. The molecule has 4 aromatic rings. The fourth-order valence-electron chi connectivity index (χ4n) is 3.88. The number of ether oxygens (including phenoxy) is 1. The molecule has 0 amide bonds. The molecule has 0 unspecified atom stereocenters. The minimum absolute atomic E-state index is 0.284. The van der Waals surface area contributed by atoms with E-state index in [-0.39, 0.29) is 5.69 Å². The largest absolute Gasteiger partial charge is 0.489 e. The highest BCUT2D eigenvalue weighted by atomic mass is 35.5. The van der Waals surface area contributed by atoms with Crippen LogP contribution in [0.25, 0.3) is 16.9 Å². The molecule has 0 saturated heterocycles. The smallest absolute Gasteiger partial charge is 0.368 e. The van der Waals surface area contributed by atoms with Crippen LogP contribution < -0.4 is 10.4 Å². The van der Waals surface area contributed by atoms with Gasteiger partial charge < -0.3 is 4.74 Å². The van der Waals surface area contributed by atoms with Gasteiger partial charge in [0.2, 0.25) is 0 Å². The summed E-state index contributed by atoms with van der Waals surface area (Å²) in [7, 11) is 1.59. The summed E-state index contributed by atoms with van der Waals surface area (Å²) in [4.78, 5) is 16.9. The van der Waals surface area contributed by atoms with E-state index in [1.165, 1.54) is 14.9 Å². The standard InChI is InChI=1S/C24H22ClN5O2/c1-15-13-17(20-6-4-8-23(25)26-20)11-12-22(15)32-14-19-18(16-9-10-16)5-3-7-21(19)30-24(31)29(2)27-28-30/h3-8,11-13,16H,9-10,14H2,1-2H3. The number of rotatable bonds is 6. The molecule has 1 fully saturated rings. The molecule has 32 heavy (non-hydrogen) atoms. The first kappa shape index (κ1) is 20.5. The van der Waals surface area contributed by atoms with E-state index in [4.69, 9.17) is 16.3 Å². The number of benzene rings is 2. The molecule has 1 aliphatic carbocycles. The molecule has 2 aromatic heterocycles. The molecule has 5 rings (SSSR count). The zero-order valence-corrected chi connectivity index (χ0v) is 18.6. The fraction of sp³-hybridized carbons (Fsp3) is 0.250. The SMILES string of the molecule is Cc1cc(-c2cccc(Cl)n2)ccc1OCc1c(C2CC2)cccc1-n1nnn(C)c1=O. The number of nitrogens with zero attached hydrogens (tertiary/aromatic N) is 5. The van der Waals surface area contributed by atoms with E-state index in [1.807, 2.05) is 49.4 Å². The minimum atomic E-state index is -0.284. The number of aryl methyl sites for hydroxylation is 2. The van der Waals surface area contributed by atoms with E-state index >= 15 is 0 Å². The lowest BCUT2D eigenvalue weighted by Crippen LogP contribution is -2.23. The average Bonchev–Trinajstić information content (AvgIpc) is 3.58. The Hall–Kier alpha value is -3.45. The molecule has 7 nitrogen and oxygen atoms in total. The summed E-state index contributed by atoms with van der Waals surface area (Å²) >= 11 is 6.04. The first-order valence-electron chi connectivity index (χ1n) is 10.5. The van der Waals surface area contributed by atoms with Gasteiger partial charge in [-0.15, -0.1) is 0 Å². The van der Waals surface area contributed by atoms with Gasteiger partial charge in [-0.3, -0.25) is 0 Å². The summed E-state index contributed by atoms with van der Waals surface area (Å²) < 4.78 is 8.81. The molecule has 1 aliphatic rings. The van der Waals surface area contributed by atoms with Gasteiger partial charge in [-0.1, -0.05) is 29.8 Å². The fourth-order valence-corrected chi connectivity index (χ4v) is 4.04. The van der Waals surface area contributed by atoms with Crippen molar-refractivity contribution in [2.24, 2.45) is 7.05 Å². The Morgan fingerprint density at radius 3 is 2.59 bits per heavy atom. The Morgan fingerprint density at radius 2 is 1.91 bits per heavy atom. The summed E-state index contributed by atoms with van der Waals surface area (Å²) in [6.07, 6.45) is 2.29. The second kappa shape index (κ2) is 8.24. The number of hydrogen-bond donors (Lipinski definition) is 0. The zero-order chi connectivity index (χ0) is 22.2. The highest BCUT2D eigenvalue weighted by molar-refractivity contribution is 6.29. The summed E-state index contributed by atoms with van der Waals surface area (Å²) in [5.41, 5.74) is 5.39. The quantitative estimate of drug-likeness (QED) is 0.408. The van der Waals surface area contributed by atoms with Crippen LogP contribution in [0.2, 0.25) is 5.15 Å². The molecule has 0 atom stereocenters. The van der Waals surface area contributed by atoms with E-state index in [1.54, 1.807) is 13.1 Å². The minimum Gasteiger partial charge on any atom is -0.489 e. The van der Waals surface area contributed by atoms with Crippen molar-refractivity contribution < 1.29 is 4.74 Å². The van der Waals surface area contributed by atoms with Crippen molar-refractivity contribution in [2.75, 3.05) is 0 Å².